The Morgan fingerprint density at radius 1 is 0.960 bits per heavy atom. The molecule has 1 aromatic heterocycles. The molecule has 268 valence electrons. The van der Waals surface area contributed by atoms with Crippen molar-refractivity contribution < 1.29 is 28.7 Å². The van der Waals surface area contributed by atoms with Crippen LogP contribution >= 0.6 is 0 Å². The van der Waals surface area contributed by atoms with Crippen LogP contribution in [0, 0.1) is 11.3 Å². The van der Waals surface area contributed by atoms with E-state index in [0.29, 0.717) is 42.5 Å². The molecule has 1 aliphatic heterocycles. The summed E-state index contributed by atoms with van der Waals surface area (Å²) in [5.74, 6) is 1.14. The van der Waals surface area contributed by atoms with E-state index in [2.05, 4.69) is 43.3 Å². The third kappa shape index (κ3) is 7.80. The van der Waals surface area contributed by atoms with Gasteiger partial charge in [-0.2, -0.15) is 0 Å². The number of hydrogen-bond acceptors (Lipinski definition) is 7. The summed E-state index contributed by atoms with van der Waals surface area (Å²) in [4.78, 5) is 26.9. The lowest BCUT2D eigenvalue weighted by atomic mass is 9.91. The number of amides is 1. The Morgan fingerprint density at radius 3 is 2.14 bits per heavy atom. The highest BCUT2D eigenvalue weighted by atomic mass is 28.4. The van der Waals surface area contributed by atoms with E-state index >= 15 is 0 Å². The molecule has 2 N–H and O–H groups in total. The minimum absolute atomic E-state index is 0.0489. The summed E-state index contributed by atoms with van der Waals surface area (Å²) in [6.45, 7) is 11.9. The second kappa shape index (κ2) is 14.5. The number of fused-ring (bicyclic) bond motifs is 1. The second-order valence-corrected chi connectivity index (χ2v) is 20.2. The number of rotatable bonds is 13. The molecule has 2 aliphatic rings. The van der Waals surface area contributed by atoms with Crippen LogP contribution in [0.5, 0.6) is 5.75 Å². The molecule has 0 bridgehead atoms. The summed E-state index contributed by atoms with van der Waals surface area (Å²) < 4.78 is 17.8. The highest BCUT2D eigenvalue weighted by Crippen LogP contribution is 2.54. The zero-order chi connectivity index (χ0) is 35.6. The third-order valence-corrected chi connectivity index (χ3v) is 15.7. The average molecular weight is 699 g/mol. The Labute approximate surface area is 297 Å². The van der Waals surface area contributed by atoms with Crippen LogP contribution < -0.4 is 15.1 Å². The zero-order valence-electron chi connectivity index (χ0n) is 30.4. The molecule has 0 atom stereocenters. The number of aliphatic hydroxyl groups is 1. The number of carbonyl (C=O) groups is 1. The van der Waals surface area contributed by atoms with Gasteiger partial charge in [0.2, 0.25) is 0 Å². The van der Waals surface area contributed by atoms with Gasteiger partial charge in [0.1, 0.15) is 11.4 Å². The number of likely N-dealkylation sites (tertiary alicyclic amines) is 1. The van der Waals surface area contributed by atoms with E-state index in [9.17, 15) is 14.7 Å². The van der Waals surface area contributed by atoms with Crippen LogP contribution in [0.1, 0.15) is 90.8 Å². The van der Waals surface area contributed by atoms with Crippen molar-refractivity contribution in [1.29, 1.82) is 0 Å². The molecule has 3 aromatic carbocycles. The lowest BCUT2D eigenvalue weighted by Gasteiger charge is -2.42. The number of aliphatic hydroxyl groups excluding tert-OH is 1. The number of benzene rings is 3. The predicted octanol–water partition coefficient (Wildman–Crippen LogP) is 7.37. The van der Waals surface area contributed by atoms with E-state index in [-0.39, 0.29) is 23.2 Å². The number of ether oxygens (including phenoxy) is 2. The van der Waals surface area contributed by atoms with Crippen molar-refractivity contribution in [3.05, 3.63) is 84.1 Å². The fourth-order valence-electron chi connectivity index (χ4n) is 7.57. The second-order valence-electron chi connectivity index (χ2n) is 16.3. The van der Waals surface area contributed by atoms with E-state index in [0.717, 1.165) is 72.8 Å². The first-order chi connectivity index (χ1) is 23.8. The van der Waals surface area contributed by atoms with E-state index in [1.165, 1.54) is 0 Å². The SMILES string of the molecule is CC(C)(C)OC(=O)N1CCC(CCc2noc3c(CO)c(OCC4(CCC(C)(C)[Si](O)(c5ccccc5)c5ccccc5)CC4)ccc23)CC1. The fraction of sp³-hybridized carbons (Fsp3) is 0.512. The number of aryl methyl sites for hydroxylation is 1. The molecule has 6 rings (SSSR count). The van der Waals surface area contributed by atoms with Crippen LogP contribution in [0.25, 0.3) is 11.0 Å². The van der Waals surface area contributed by atoms with E-state index in [1.807, 2.05) is 74.2 Å². The number of carbonyl (C=O) groups excluding carboxylic acids is 1. The van der Waals surface area contributed by atoms with Crippen LogP contribution in [-0.4, -0.2) is 59.7 Å². The predicted molar refractivity (Wildman–Crippen MR) is 199 cm³/mol. The number of aromatic nitrogens is 1. The van der Waals surface area contributed by atoms with Crippen molar-refractivity contribution in [2.24, 2.45) is 11.3 Å². The quantitative estimate of drug-likeness (QED) is 0.141. The van der Waals surface area contributed by atoms with Crippen LogP contribution in [0.4, 0.5) is 4.79 Å². The van der Waals surface area contributed by atoms with Gasteiger partial charge in [0.15, 0.2) is 5.58 Å². The lowest BCUT2D eigenvalue weighted by Crippen LogP contribution is -2.65. The number of nitrogens with zero attached hydrogens (tertiary/aromatic N) is 2. The van der Waals surface area contributed by atoms with Gasteiger partial charge in [-0.15, -0.1) is 0 Å². The van der Waals surface area contributed by atoms with Crippen LogP contribution in [0.3, 0.4) is 0 Å². The van der Waals surface area contributed by atoms with E-state index < -0.39 is 13.9 Å². The monoisotopic (exact) mass is 698 g/mol. The first-order valence-corrected chi connectivity index (χ1v) is 20.2. The van der Waals surface area contributed by atoms with Gasteiger partial charge in [0.25, 0.3) is 8.32 Å². The normalized spacial score (nSPS) is 16.8. The molecule has 8 nitrogen and oxygen atoms in total. The average Bonchev–Trinajstić information content (AvgIpc) is 3.78. The van der Waals surface area contributed by atoms with Crippen molar-refractivity contribution in [2.75, 3.05) is 19.7 Å². The van der Waals surface area contributed by atoms with Crippen LogP contribution in [0.15, 0.2) is 77.3 Å². The number of piperidine rings is 1. The topological polar surface area (TPSA) is 105 Å². The summed E-state index contributed by atoms with van der Waals surface area (Å²) in [6.07, 6.45) is 7.37. The standard InChI is InChI=1S/C41H54N2O6Si/c1-39(2,3)48-38(45)43-26-20-30(21-27-43)16-18-35-33-17-19-36(34(28-44)37(33)49-42-35)47-29-41(24-25-41)23-22-40(4,5)50(46,31-12-8-6-9-13-31)32-14-10-7-11-15-32/h6-15,17,19,30,44,46H,16,18,20-29H2,1-5H3. The third-order valence-electron chi connectivity index (χ3n) is 11.1. The molecule has 2 fully saturated rings. The molecule has 2 heterocycles. The van der Waals surface area contributed by atoms with E-state index in [1.54, 1.807) is 0 Å². The summed E-state index contributed by atoms with van der Waals surface area (Å²) in [5.41, 5.74) is 1.68. The molecule has 0 unspecified atom stereocenters. The maximum atomic E-state index is 12.6. The largest absolute Gasteiger partial charge is 0.492 e. The van der Waals surface area contributed by atoms with Crippen molar-refractivity contribution in [2.45, 2.75) is 103 Å². The summed E-state index contributed by atoms with van der Waals surface area (Å²) in [6, 6.07) is 24.4. The lowest BCUT2D eigenvalue weighted by molar-refractivity contribution is 0.0181. The van der Waals surface area contributed by atoms with Gasteiger partial charge in [-0.1, -0.05) is 79.7 Å². The molecule has 4 aromatic rings. The molecular weight excluding hydrogens is 645 g/mol. The molecule has 0 radical (unpaired) electrons. The number of hydrogen-bond donors (Lipinski definition) is 2. The van der Waals surface area contributed by atoms with Crippen molar-refractivity contribution in [1.82, 2.24) is 10.1 Å². The zero-order valence-corrected chi connectivity index (χ0v) is 31.4. The van der Waals surface area contributed by atoms with Gasteiger partial charge in [-0.25, -0.2) is 4.79 Å². The van der Waals surface area contributed by atoms with Crippen molar-refractivity contribution in [3.8, 4) is 5.75 Å². The summed E-state index contributed by atoms with van der Waals surface area (Å²) in [7, 11) is -3.08. The molecule has 1 aliphatic carbocycles. The first-order valence-electron chi connectivity index (χ1n) is 18.3. The van der Waals surface area contributed by atoms with Gasteiger partial charge >= 0.3 is 6.09 Å². The maximum Gasteiger partial charge on any atom is 0.410 e. The van der Waals surface area contributed by atoms with Gasteiger partial charge in [-0.3, -0.25) is 0 Å². The van der Waals surface area contributed by atoms with Crippen LogP contribution in [0.2, 0.25) is 5.04 Å². The molecule has 0 spiro atoms. The minimum Gasteiger partial charge on any atom is -0.492 e. The Hall–Kier alpha value is -3.66. The summed E-state index contributed by atoms with van der Waals surface area (Å²) >= 11 is 0. The Bertz CT molecular complexity index is 1700. The Balaban J connectivity index is 1.07. The summed E-state index contributed by atoms with van der Waals surface area (Å²) in [5, 5.41) is 17.5. The van der Waals surface area contributed by atoms with Gasteiger partial charge in [-0.05, 0) is 106 Å². The van der Waals surface area contributed by atoms with Gasteiger partial charge in [0, 0.05) is 23.9 Å². The van der Waals surface area contributed by atoms with Crippen molar-refractivity contribution in [3.63, 3.8) is 0 Å². The molecule has 1 saturated carbocycles. The molecule has 1 amide bonds. The van der Waals surface area contributed by atoms with Gasteiger partial charge in [0.05, 0.1) is 24.5 Å². The molecule has 9 heteroatoms. The Kier molecular flexibility index (Phi) is 10.5. The first kappa shape index (κ1) is 36.1. The molecule has 1 saturated heterocycles. The minimum atomic E-state index is -3.08. The Morgan fingerprint density at radius 2 is 1.58 bits per heavy atom. The van der Waals surface area contributed by atoms with Crippen molar-refractivity contribution >= 4 is 35.8 Å². The fourth-order valence-corrected chi connectivity index (χ4v) is 11.3. The molecule has 50 heavy (non-hydrogen) atoms. The maximum absolute atomic E-state index is 12.6. The van der Waals surface area contributed by atoms with Crippen LogP contribution in [-0.2, 0) is 17.8 Å². The highest BCUT2D eigenvalue weighted by Gasteiger charge is 2.52. The highest BCUT2D eigenvalue weighted by molar-refractivity contribution is 6.98. The van der Waals surface area contributed by atoms with E-state index in [4.69, 9.17) is 14.0 Å². The van der Waals surface area contributed by atoms with Gasteiger partial charge < -0.3 is 28.8 Å². The molecular formula is C41H54N2O6Si. The smallest absolute Gasteiger partial charge is 0.410 e.